The topological polar surface area (TPSA) is 199 Å². The maximum atomic E-state index is 10.1. The van der Waals surface area contributed by atoms with Gasteiger partial charge < -0.3 is 63.2 Å². The Morgan fingerprint density at radius 3 is 0.887 bits per heavy atom. The zero-order valence-electron chi connectivity index (χ0n) is 36.1. The summed E-state index contributed by atoms with van der Waals surface area (Å²) in [5.74, 6) is 0.964. The predicted molar refractivity (Wildman–Crippen MR) is 250 cm³/mol. The molecule has 0 saturated heterocycles. The molecule has 334 valence electrons. The van der Waals surface area contributed by atoms with E-state index in [2.05, 4.69) is 63.1 Å². The van der Waals surface area contributed by atoms with E-state index >= 15 is 0 Å². The van der Waals surface area contributed by atoms with Crippen molar-refractivity contribution in [1.82, 2.24) is 31.9 Å². The Kier molecular flexibility index (Phi) is 20.5. The maximum absolute atomic E-state index is 10.1. The molecule has 0 aliphatic heterocycles. The maximum Gasteiger partial charge on any atom is 0.115 e. The van der Waals surface area contributed by atoms with Gasteiger partial charge >= 0.3 is 0 Å². The highest BCUT2D eigenvalue weighted by molar-refractivity contribution is 5.29. The second-order valence-corrected chi connectivity index (χ2v) is 16.4. The van der Waals surface area contributed by atoms with Gasteiger partial charge in [-0.3, -0.25) is 0 Å². The molecule has 0 saturated carbocycles. The molecule has 5 aromatic carbocycles. The molecule has 0 unspecified atom stereocenters. The molecule has 13 N–H and O–H groups in total. The third-order valence-corrected chi connectivity index (χ3v) is 11.3. The number of hydrogen-bond acceptors (Lipinski definition) is 12. The van der Waals surface area contributed by atoms with Crippen molar-refractivity contribution in [2.45, 2.75) is 75.3 Å². The van der Waals surface area contributed by atoms with Crippen LogP contribution in [-0.2, 0) is 32.1 Å². The van der Waals surface area contributed by atoms with Crippen LogP contribution in [0.15, 0.2) is 127 Å². The Hall–Kier alpha value is -5.02. The summed E-state index contributed by atoms with van der Waals surface area (Å²) in [5.41, 5.74) is 11.6. The lowest BCUT2D eigenvalue weighted by molar-refractivity contribution is 0.241. The standard InChI is InChI=1S/C50H69N7O5/c1-2-52-41(25-37-8-16-47(59)17-9-37)30-53-43(26-38-10-18-48(60)19-11-38)32-55-44(27-39-12-20-49(61)21-13-39)33-54-42(24-36-6-4-3-5-7-36)31-56-45(34-57-46(29-51)35-58)28-40-14-22-50(62)23-15-40/h3-23,41-46,52-62H,2,24-35,51H2,1H3/t41-,42-,43-,44-,45-,46-/m0/s1. The molecule has 0 amide bonds. The van der Waals surface area contributed by atoms with E-state index in [-0.39, 0.29) is 65.9 Å². The van der Waals surface area contributed by atoms with Crippen molar-refractivity contribution in [3.05, 3.63) is 155 Å². The van der Waals surface area contributed by atoms with E-state index in [1.807, 2.05) is 54.6 Å². The van der Waals surface area contributed by atoms with E-state index in [1.54, 1.807) is 48.5 Å². The minimum atomic E-state index is -0.204. The van der Waals surface area contributed by atoms with Crippen LogP contribution in [0.3, 0.4) is 0 Å². The molecule has 0 heterocycles. The van der Waals surface area contributed by atoms with Crippen LogP contribution in [0.2, 0.25) is 0 Å². The monoisotopic (exact) mass is 848 g/mol. The van der Waals surface area contributed by atoms with Crippen LogP contribution in [0.4, 0.5) is 0 Å². The lowest BCUT2D eigenvalue weighted by Crippen LogP contribution is -2.54. The highest BCUT2D eigenvalue weighted by Gasteiger charge is 2.21. The van der Waals surface area contributed by atoms with Crippen molar-refractivity contribution >= 4 is 0 Å². The molecule has 0 aliphatic carbocycles. The number of aromatic hydroxyl groups is 4. The molecule has 5 aromatic rings. The number of phenolic OH excluding ortho intramolecular Hbond substituents is 4. The normalized spacial score (nSPS) is 14.5. The number of hydrogen-bond donors (Lipinski definition) is 12. The van der Waals surface area contributed by atoms with Gasteiger partial charge in [-0.15, -0.1) is 0 Å². The molecule has 0 aromatic heterocycles. The summed E-state index contributed by atoms with van der Waals surface area (Å²) in [5, 5.41) is 72.3. The first-order valence-electron chi connectivity index (χ1n) is 22.0. The van der Waals surface area contributed by atoms with Crippen LogP contribution >= 0.6 is 0 Å². The molecule has 12 heteroatoms. The molecular formula is C50H69N7O5. The summed E-state index contributed by atoms with van der Waals surface area (Å²) < 4.78 is 0. The van der Waals surface area contributed by atoms with E-state index < -0.39 is 0 Å². The van der Waals surface area contributed by atoms with Crippen LogP contribution in [-0.4, -0.2) is 114 Å². The van der Waals surface area contributed by atoms with E-state index in [0.717, 1.165) is 67.4 Å². The first-order valence-corrected chi connectivity index (χ1v) is 22.0. The second-order valence-electron chi connectivity index (χ2n) is 16.4. The molecule has 62 heavy (non-hydrogen) atoms. The van der Waals surface area contributed by atoms with Crippen LogP contribution in [0.5, 0.6) is 23.0 Å². The third kappa shape index (κ3) is 17.8. The Morgan fingerprint density at radius 1 is 0.371 bits per heavy atom. The number of aliphatic hydroxyl groups is 1. The van der Waals surface area contributed by atoms with Gasteiger partial charge in [0.2, 0.25) is 0 Å². The lowest BCUT2D eigenvalue weighted by atomic mass is 10.0. The Labute approximate surface area is 368 Å². The van der Waals surface area contributed by atoms with Gasteiger partial charge in [-0.05, 0) is 115 Å². The summed E-state index contributed by atoms with van der Waals surface area (Å²) in [6, 6.07) is 40.2. The molecule has 0 spiro atoms. The van der Waals surface area contributed by atoms with Gasteiger partial charge in [-0.25, -0.2) is 0 Å². The summed E-state index contributed by atoms with van der Waals surface area (Å²) >= 11 is 0. The first-order chi connectivity index (χ1) is 30.2. The fourth-order valence-electron chi connectivity index (χ4n) is 7.70. The average Bonchev–Trinajstić information content (AvgIpc) is 3.28. The smallest absolute Gasteiger partial charge is 0.115 e. The Balaban J connectivity index is 1.32. The highest BCUT2D eigenvalue weighted by Crippen LogP contribution is 2.16. The highest BCUT2D eigenvalue weighted by atomic mass is 16.3. The van der Waals surface area contributed by atoms with Gasteiger partial charge in [-0.1, -0.05) is 85.8 Å². The summed E-state index contributed by atoms with van der Waals surface area (Å²) in [7, 11) is 0. The van der Waals surface area contributed by atoms with Gasteiger partial charge in [0.15, 0.2) is 0 Å². The number of phenols is 4. The molecule has 12 nitrogen and oxygen atoms in total. The van der Waals surface area contributed by atoms with Gasteiger partial charge in [0.05, 0.1) is 6.61 Å². The number of nitrogens with one attached hydrogen (secondary N) is 6. The minimum Gasteiger partial charge on any atom is -0.508 e. The van der Waals surface area contributed by atoms with E-state index in [0.29, 0.717) is 32.7 Å². The number of nitrogens with two attached hydrogens (primary N) is 1. The molecule has 0 fully saturated rings. The SMILES string of the molecule is CCN[C@H](CN[C@H](CN[C@H](CN[C@H](CN[C@H](CN[C@@H](CN)CO)Cc1ccc(O)cc1)Cc1ccccc1)Cc1ccc(O)cc1)Cc1ccc(O)cc1)Cc1ccc(O)cc1. The van der Waals surface area contributed by atoms with Gasteiger partial charge in [-0.2, -0.15) is 0 Å². The molecule has 6 atom stereocenters. The average molecular weight is 848 g/mol. The quantitative estimate of drug-likeness (QED) is 0.0334. The lowest BCUT2D eigenvalue weighted by Gasteiger charge is -2.29. The van der Waals surface area contributed by atoms with E-state index in [4.69, 9.17) is 5.73 Å². The number of benzene rings is 5. The van der Waals surface area contributed by atoms with Crippen LogP contribution in [0.1, 0.15) is 34.7 Å². The first kappa shape index (κ1) is 48.0. The van der Waals surface area contributed by atoms with E-state index in [1.165, 1.54) is 5.56 Å². The fourth-order valence-corrected chi connectivity index (χ4v) is 7.70. The number of aliphatic hydroxyl groups excluding tert-OH is 1. The summed E-state index contributed by atoms with van der Waals surface area (Å²) in [6.07, 6.45) is 3.83. The van der Waals surface area contributed by atoms with Crippen molar-refractivity contribution in [3.8, 4) is 23.0 Å². The van der Waals surface area contributed by atoms with Crippen LogP contribution in [0, 0.1) is 0 Å². The van der Waals surface area contributed by atoms with Gasteiger partial charge in [0, 0.05) is 75.5 Å². The molecule has 5 rings (SSSR count). The van der Waals surface area contributed by atoms with Crippen molar-refractivity contribution < 1.29 is 25.5 Å². The van der Waals surface area contributed by atoms with Gasteiger partial charge in [0.25, 0.3) is 0 Å². The summed E-state index contributed by atoms with van der Waals surface area (Å²) in [4.78, 5) is 0. The second kappa shape index (κ2) is 26.5. The molecule has 0 aliphatic rings. The predicted octanol–water partition coefficient (Wildman–Crippen LogP) is 3.74. The number of rotatable bonds is 29. The van der Waals surface area contributed by atoms with Crippen LogP contribution < -0.4 is 37.6 Å². The minimum absolute atomic E-state index is 0.0259. The van der Waals surface area contributed by atoms with Crippen molar-refractivity contribution in [2.75, 3.05) is 52.4 Å². The van der Waals surface area contributed by atoms with Crippen molar-refractivity contribution in [1.29, 1.82) is 0 Å². The third-order valence-electron chi connectivity index (χ3n) is 11.3. The Morgan fingerprint density at radius 2 is 0.629 bits per heavy atom. The summed E-state index contributed by atoms with van der Waals surface area (Å²) in [6.45, 7) is 6.59. The zero-order valence-corrected chi connectivity index (χ0v) is 36.1. The number of likely N-dealkylation sites (N-methyl/N-ethyl adjacent to an activating group) is 1. The molecular weight excluding hydrogens is 779 g/mol. The van der Waals surface area contributed by atoms with Gasteiger partial charge in [0.1, 0.15) is 23.0 Å². The van der Waals surface area contributed by atoms with Crippen molar-refractivity contribution in [2.24, 2.45) is 5.73 Å². The fraction of sp³-hybridized carbons (Fsp3) is 0.400. The van der Waals surface area contributed by atoms with Crippen LogP contribution in [0.25, 0.3) is 0 Å². The molecule has 0 bridgehead atoms. The Bertz CT molecular complexity index is 1930. The van der Waals surface area contributed by atoms with E-state index in [9.17, 15) is 25.5 Å². The largest absolute Gasteiger partial charge is 0.508 e. The zero-order chi connectivity index (χ0) is 43.9. The van der Waals surface area contributed by atoms with Crippen molar-refractivity contribution in [3.63, 3.8) is 0 Å². The molecule has 0 radical (unpaired) electrons.